The first-order chi connectivity index (χ1) is 14.0. The summed E-state index contributed by atoms with van der Waals surface area (Å²) in [5, 5.41) is 6.70. The highest BCUT2D eigenvalue weighted by Crippen LogP contribution is 2.55. The lowest BCUT2D eigenvalue weighted by Crippen LogP contribution is -2.44. The van der Waals surface area contributed by atoms with Gasteiger partial charge < -0.3 is 15.6 Å². The minimum Gasteiger partial charge on any atom is -0.383 e. The number of hydrogen-bond donors (Lipinski definition) is 4. The molecule has 0 fully saturated rings. The van der Waals surface area contributed by atoms with Gasteiger partial charge >= 0.3 is 0 Å². The van der Waals surface area contributed by atoms with Gasteiger partial charge in [0.1, 0.15) is 5.82 Å². The van der Waals surface area contributed by atoms with Crippen LogP contribution >= 0.6 is 28.1 Å². The van der Waals surface area contributed by atoms with Crippen LogP contribution in [0.4, 0.5) is 11.5 Å². The van der Waals surface area contributed by atoms with Crippen LogP contribution in [0.5, 0.6) is 0 Å². The maximum atomic E-state index is 13.6. The van der Waals surface area contributed by atoms with Gasteiger partial charge in [-0.2, -0.15) is 0 Å². The second-order valence-corrected chi connectivity index (χ2v) is 8.68. The van der Waals surface area contributed by atoms with E-state index in [0.29, 0.717) is 29.1 Å². The van der Waals surface area contributed by atoms with Crippen LogP contribution in [0.3, 0.4) is 0 Å². The highest BCUT2D eigenvalue weighted by atomic mass is 79.9. The first-order valence-electron chi connectivity index (χ1n) is 9.07. The Morgan fingerprint density at radius 2 is 1.83 bits per heavy atom. The fourth-order valence-corrected chi connectivity index (χ4v) is 5.41. The molecule has 0 bridgehead atoms. The van der Waals surface area contributed by atoms with Crippen molar-refractivity contribution in [2.24, 2.45) is 0 Å². The Morgan fingerprint density at radius 1 is 1.03 bits per heavy atom. The third kappa shape index (κ3) is 2.02. The second-order valence-electron chi connectivity index (χ2n) is 7.36. The van der Waals surface area contributed by atoms with E-state index in [0.717, 1.165) is 27.0 Å². The molecule has 3 aromatic rings. The van der Waals surface area contributed by atoms with Crippen molar-refractivity contribution in [3.63, 3.8) is 0 Å². The predicted molar refractivity (Wildman–Crippen MR) is 117 cm³/mol. The molecule has 6 rings (SSSR count). The molecule has 4 N–H and O–H groups in total. The smallest absolute Gasteiger partial charge is 0.258 e. The van der Waals surface area contributed by atoms with Crippen LogP contribution < -0.4 is 16.2 Å². The Morgan fingerprint density at radius 3 is 2.66 bits per heavy atom. The van der Waals surface area contributed by atoms with Crippen LogP contribution in [0.2, 0.25) is 0 Å². The number of aromatic amines is 2. The van der Waals surface area contributed by atoms with Crippen LogP contribution in [0, 0.1) is 4.77 Å². The summed E-state index contributed by atoms with van der Waals surface area (Å²) in [6.45, 7) is 0.403. The zero-order chi connectivity index (χ0) is 19.9. The Balaban J connectivity index is 1.79. The zero-order valence-corrected chi connectivity index (χ0v) is 17.3. The maximum Gasteiger partial charge on any atom is 0.258 e. The number of Topliss-reactive ketones (excluding diaryl/α,β-unsaturated/α-hetero) is 1. The molecule has 3 heterocycles. The molecule has 0 saturated heterocycles. The summed E-state index contributed by atoms with van der Waals surface area (Å²) in [4.78, 5) is 32.5. The number of carbonyl (C=O) groups is 1. The van der Waals surface area contributed by atoms with Crippen molar-refractivity contribution >= 4 is 51.1 Å². The molecular formula is C21H13BrN4O2S. The molecular weight excluding hydrogens is 452 g/mol. The first-order valence-corrected chi connectivity index (χ1v) is 10.3. The van der Waals surface area contributed by atoms with Crippen LogP contribution in [0.25, 0.3) is 5.70 Å². The van der Waals surface area contributed by atoms with Gasteiger partial charge in [-0.15, -0.1) is 0 Å². The molecule has 0 radical (unpaired) electrons. The molecule has 8 heteroatoms. The number of benzene rings is 2. The maximum absolute atomic E-state index is 13.6. The van der Waals surface area contributed by atoms with Crippen molar-refractivity contribution in [3.8, 4) is 0 Å². The number of fused-ring (bicyclic) bond motifs is 7. The number of ketones is 1. The Labute approximate surface area is 178 Å². The van der Waals surface area contributed by atoms with Gasteiger partial charge in [0.25, 0.3) is 5.56 Å². The van der Waals surface area contributed by atoms with E-state index in [-0.39, 0.29) is 16.1 Å². The highest BCUT2D eigenvalue weighted by Gasteiger charge is 2.55. The molecule has 1 unspecified atom stereocenters. The average molecular weight is 465 g/mol. The van der Waals surface area contributed by atoms with Gasteiger partial charge in [0, 0.05) is 33.4 Å². The van der Waals surface area contributed by atoms with E-state index in [2.05, 4.69) is 36.5 Å². The average Bonchev–Trinajstić information content (AvgIpc) is 3.19. The quantitative estimate of drug-likeness (QED) is 0.378. The topological polar surface area (TPSA) is 89.8 Å². The molecule has 29 heavy (non-hydrogen) atoms. The van der Waals surface area contributed by atoms with E-state index < -0.39 is 5.41 Å². The summed E-state index contributed by atoms with van der Waals surface area (Å²) in [5.74, 6) is 0.460. The number of halogens is 1. The Hall–Kier alpha value is -2.97. The van der Waals surface area contributed by atoms with Gasteiger partial charge in [0.2, 0.25) is 0 Å². The molecule has 0 amide bonds. The van der Waals surface area contributed by atoms with Gasteiger partial charge in [0.05, 0.1) is 16.7 Å². The zero-order valence-electron chi connectivity index (χ0n) is 14.9. The normalized spacial score (nSPS) is 20.7. The third-order valence-electron chi connectivity index (χ3n) is 5.95. The van der Waals surface area contributed by atoms with E-state index in [9.17, 15) is 9.59 Å². The molecule has 1 spiro atoms. The molecule has 3 aliphatic rings. The van der Waals surface area contributed by atoms with Gasteiger partial charge in [-0.1, -0.05) is 40.2 Å². The third-order valence-corrected chi connectivity index (χ3v) is 6.65. The number of nitrogens with one attached hydrogen (secondary N) is 4. The van der Waals surface area contributed by atoms with Crippen molar-refractivity contribution in [1.82, 2.24) is 9.97 Å². The first kappa shape index (κ1) is 16.9. The number of carbonyl (C=O) groups excluding carboxylic acids is 1. The number of aromatic nitrogens is 2. The number of rotatable bonds is 0. The lowest BCUT2D eigenvalue weighted by atomic mass is 9.68. The SMILES string of the molecule is O=C1C2=C(Nc3[nH]c(=S)[nH]c(=O)c3C23CNc2ccc(Br)cc23)c2ccccc21. The fourth-order valence-electron chi connectivity index (χ4n) is 4.85. The van der Waals surface area contributed by atoms with Crippen molar-refractivity contribution in [1.29, 1.82) is 0 Å². The van der Waals surface area contributed by atoms with E-state index in [1.807, 2.05) is 42.5 Å². The van der Waals surface area contributed by atoms with Gasteiger partial charge in [-0.3, -0.25) is 14.6 Å². The van der Waals surface area contributed by atoms with Gasteiger partial charge in [-0.25, -0.2) is 0 Å². The molecule has 1 atom stereocenters. The monoisotopic (exact) mass is 464 g/mol. The minimum absolute atomic E-state index is 0.0646. The molecule has 1 aromatic heterocycles. The van der Waals surface area contributed by atoms with Crippen molar-refractivity contribution in [2.45, 2.75) is 5.41 Å². The molecule has 0 saturated carbocycles. The summed E-state index contributed by atoms with van der Waals surface area (Å²) in [5.41, 5.74) is 3.80. The van der Waals surface area contributed by atoms with E-state index in [1.54, 1.807) is 0 Å². The molecule has 142 valence electrons. The number of anilines is 2. The van der Waals surface area contributed by atoms with Crippen LogP contribution in [-0.2, 0) is 5.41 Å². The van der Waals surface area contributed by atoms with Gasteiger partial charge in [0.15, 0.2) is 10.6 Å². The highest BCUT2D eigenvalue weighted by molar-refractivity contribution is 9.10. The largest absolute Gasteiger partial charge is 0.383 e. The van der Waals surface area contributed by atoms with E-state index >= 15 is 0 Å². The van der Waals surface area contributed by atoms with Crippen molar-refractivity contribution in [2.75, 3.05) is 17.2 Å². The molecule has 2 aliphatic heterocycles. The Kier molecular flexibility index (Phi) is 3.24. The van der Waals surface area contributed by atoms with E-state index in [1.165, 1.54) is 0 Å². The fraction of sp³-hybridized carbons (Fsp3) is 0.0952. The summed E-state index contributed by atoms with van der Waals surface area (Å²) < 4.78 is 1.11. The number of H-pyrrole nitrogens is 2. The minimum atomic E-state index is -0.932. The number of hydrogen-bond acceptors (Lipinski definition) is 5. The lowest BCUT2D eigenvalue weighted by Gasteiger charge is -2.36. The Bertz CT molecular complexity index is 1420. The summed E-state index contributed by atoms with van der Waals surface area (Å²) in [6.07, 6.45) is 0. The summed E-state index contributed by atoms with van der Waals surface area (Å²) >= 11 is 8.76. The standard InChI is InChI=1S/C21H13BrN4O2S/c22-9-5-6-13-12(7-9)21(8-23-13)14-16(10-3-1-2-4-11(10)17(14)27)24-18-15(21)19(28)26-20(29)25-18/h1-7,23H,8H2,(H3,24,25,26,28,29). The molecule has 1 aliphatic carbocycles. The van der Waals surface area contributed by atoms with Crippen molar-refractivity contribution < 1.29 is 4.79 Å². The summed E-state index contributed by atoms with van der Waals surface area (Å²) in [7, 11) is 0. The van der Waals surface area contributed by atoms with Crippen LogP contribution in [0.1, 0.15) is 27.0 Å². The molecule has 6 nitrogen and oxygen atoms in total. The van der Waals surface area contributed by atoms with Crippen molar-refractivity contribution in [3.05, 3.63) is 89.9 Å². The van der Waals surface area contributed by atoms with Crippen LogP contribution in [-0.4, -0.2) is 22.3 Å². The van der Waals surface area contributed by atoms with Crippen LogP contribution in [0.15, 0.2) is 57.3 Å². The second kappa shape index (κ2) is 5.55. The lowest BCUT2D eigenvalue weighted by molar-refractivity contribution is 0.102. The summed E-state index contributed by atoms with van der Waals surface area (Å²) in [6, 6.07) is 13.4. The molecule has 2 aromatic carbocycles. The van der Waals surface area contributed by atoms with E-state index in [4.69, 9.17) is 12.2 Å². The predicted octanol–water partition coefficient (Wildman–Crippen LogP) is 3.94. The van der Waals surface area contributed by atoms with Gasteiger partial charge in [-0.05, 0) is 36.0 Å².